The minimum Gasteiger partial charge on any atom is -0.253 e. The molecule has 11 aromatic rings. The highest BCUT2D eigenvalue weighted by molar-refractivity contribution is 6.25. The summed E-state index contributed by atoms with van der Waals surface area (Å²) in [5, 5.41) is 8.35. The number of hydrogen-bond acceptors (Lipinski definition) is 6. The Kier molecular flexibility index (Phi) is 8.04. The van der Waals surface area contributed by atoms with Gasteiger partial charge in [0.25, 0.3) is 0 Å². The van der Waals surface area contributed by atoms with Crippen LogP contribution in [0.1, 0.15) is 0 Å². The van der Waals surface area contributed by atoms with Crippen LogP contribution in [0.5, 0.6) is 0 Å². The smallest absolute Gasteiger partial charge is 0.182 e. The van der Waals surface area contributed by atoms with Gasteiger partial charge in [-0.3, -0.25) is 9.97 Å². The highest BCUT2D eigenvalue weighted by Crippen LogP contribution is 2.42. The molecule has 11 rings (SSSR count). The molecule has 0 saturated carbocycles. The second-order valence-electron chi connectivity index (χ2n) is 14.3. The molecule has 6 nitrogen and oxygen atoms in total. The van der Waals surface area contributed by atoms with Crippen molar-refractivity contribution in [2.75, 3.05) is 0 Å². The molecule has 7 aromatic carbocycles. The van der Waals surface area contributed by atoms with Crippen molar-refractivity contribution in [2.45, 2.75) is 0 Å². The first-order chi connectivity index (χ1) is 28.7. The third-order valence-electron chi connectivity index (χ3n) is 10.8. The molecule has 4 aromatic heterocycles. The number of hydrogen-bond donors (Lipinski definition) is 0. The van der Waals surface area contributed by atoms with Crippen LogP contribution in [0.4, 0.5) is 0 Å². The van der Waals surface area contributed by atoms with Crippen molar-refractivity contribution in [2.24, 2.45) is 0 Å². The molecule has 0 bridgehead atoms. The molecule has 270 valence electrons. The highest BCUT2D eigenvalue weighted by Gasteiger charge is 2.18. The standard InChI is InChI=1S/C52H32N6/c1-2-12-38-31-39(28-23-33(38)11-1)49-44-32-43(40-13-3-4-14-41(40)48(44)42-15-5-6-16-45(42)55-49)36-24-19-34(20-25-36)35-21-26-37(27-22-35)50-56-51(46-17-7-9-29-53-46)58-52(57-50)47-18-8-10-30-54-47/h1-32H. The number of nitrogens with zero attached hydrogens (tertiary/aromatic N) is 6. The van der Waals surface area contributed by atoms with Gasteiger partial charge >= 0.3 is 0 Å². The van der Waals surface area contributed by atoms with Crippen molar-refractivity contribution < 1.29 is 0 Å². The molecule has 0 amide bonds. The molecule has 0 radical (unpaired) electrons. The Morgan fingerprint density at radius 2 is 0.845 bits per heavy atom. The highest BCUT2D eigenvalue weighted by atomic mass is 15.1. The zero-order chi connectivity index (χ0) is 38.4. The number of pyridine rings is 3. The van der Waals surface area contributed by atoms with Crippen molar-refractivity contribution >= 4 is 43.2 Å². The van der Waals surface area contributed by atoms with Crippen molar-refractivity contribution in [3.8, 4) is 67.9 Å². The maximum Gasteiger partial charge on any atom is 0.182 e. The Morgan fingerprint density at radius 3 is 1.52 bits per heavy atom. The molecule has 0 atom stereocenters. The first-order valence-electron chi connectivity index (χ1n) is 19.3. The minimum atomic E-state index is 0.500. The lowest BCUT2D eigenvalue weighted by Gasteiger charge is -2.16. The van der Waals surface area contributed by atoms with E-state index >= 15 is 0 Å². The van der Waals surface area contributed by atoms with Gasteiger partial charge in [0.15, 0.2) is 17.5 Å². The van der Waals surface area contributed by atoms with E-state index in [1.165, 1.54) is 32.5 Å². The predicted octanol–water partition coefficient (Wildman–Crippen LogP) is 12.7. The third-order valence-corrected chi connectivity index (χ3v) is 10.8. The Hall–Kier alpha value is -7.96. The van der Waals surface area contributed by atoms with Crippen molar-refractivity contribution in [1.82, 2.24) is 29.9 Å². The summed E-state index contributed by atoms with van der Waals surface area (Å²) >= 11 is 0. The molecule has 0 spiro atoms. The molecule has 0 N–H and O–H groups in total. The van der Waals surface area contributed by atoms with Gasteiger partial charge in [0.1, 0.15) is 11.4 Å². The molecule has 4 heterocycles. The van der Waals surface area contributed by atoms with Gasteiger partial charge in [-0.1, -0.05) is 140 Å². The summed E-state index contributed by atoms with van der Waals surface area (Å²) in [6.45, 7) is 0. The fourth-order valence-electron chi connectivity index (χ4n) is 7.99. The van der Waals surface area contributed by atoms with Gasteiger partial charge in [0.05, 0.1) is 11.2 Å². The lowest BCUT2D eigenvalue weighted by atomic mass is 9.89. The van der Waals surface area contributed by atoms with Crippen molar-refractivity contribution in [1.29, 1.82) is 0 Å². The van der Waals surface area contributed by atoms with E-state index in [1.54, 1.807) is 12.4 Å². The van der Waals surface area contributed by atoms with Gasteiger partial charge in [-0.25, -0.2) is 19.9 Å². The molecule has 58 heavy (non-hydrogen) atoms. The van der Waals surface area contributed by atoms with Crippen molar-refractivity contribution in [3.05, 3.63) is 194 Å². The zero-order valence-corrected chi connectivity index (χ0v) is 31.2. The van der Waals surface area contributed by atoms with Gasteiger partial charge in [-0.2, -0.15) is 0 Å². The average Bonchev–Trinajstić information content (AvgIpc) is 3.31. The van der Waals surface area contributed by atoms with Gasteiger partial charge in [-0.05, 0) is 86.3 Å². The third kappa shape index (κ3) is 5.92. The van der Waals surface area contributed by atoms with Gasteiger partial charge in [-0.15, -0.1) is 0 Å². The van der Waals surface area contributed by atoms with Crippen LogP contribution in [0.15, 0.2) is 194 Å². The van der Waals surface area contributed by atoms with Crippen LogP contribution >= 0.6 is 0 Å². The fourth-order valence-corrected chi connectivity index (χ4v) is 7.99. The van der Waals surface area contributed by atoms with Gasteiger partial charge < -0.3 is 0 Å². The molecule has 0 saturated heterocycles. The fraction of sp³-hybridized carbons (Fsp3) is 0. The summed E-state index contributed by atoms with van der Waals surface area (Å²) in [7, 11) is 0. The van der Waals surface area contributed by atoms with Crippen LogP contribution in [-0.2, 0) is 0 Å². The van der Waals surface area contributed by atoms with Crippen LogP contribution in [0.2, 0.25) is 0 Å². The number of aromatic nitrogens is 6. The number of fused-ring (bicyclic) bond motifs is 6. The second kappa shape index (κ2) is 14.0. The summed E-state index contributed by atoms with van der Waals surface area (Å²) in [5.41, 5.74) is 9.83. The van der Waals surface area contributed by atoms with E-state index < -0.39 is 0 Å². The Bertz CT molecular complexity index is 3250. The van der Waals surface area contributed by atoms with Crippen LogP contribution in [0.3, 0.4) is 0 Å². The van der Waals surface area contributed by atoms with Crippen LogP contribution in [-0.4, -0.2) is 29.9 Å². The second-order valence-corrected chi connectivity index (χ2v) is 14.3. The van der Waals surface area contributed by atoms with Gasteiger partial charge in [0.2, 0.25) is 0 Å². The summed E-state index contributed by atoms with van der Waals surface area (Å²) in [5.74, 6) is 1.56. The molecule has 0 fully saturated rings. The molecular weight excluding hydrogens is 709 g/mol. The first kappa shape index (κ1) is 33.4. The molecule has 0 unspecified atom stereocenters. The van der Waals surface area contributed by atoms with E-state index in [4.69, 9.17) is 19.9 Å². The average molecular weight is 741 g/mol. The summed E-state index contributed by atoms with van der Waals surface area (Å²) in [6.07, 6.45) is 3.48. The minimum absolute atomic E-state index is 0.500. The van der Waals surface area contributed by atoms with Crippen LogP contribution in [0, 0.1) is 0 Å². The quantitative estimate of drug-likeness (QED) is 0.158. The van der Waals surface area contributed by atoms with Gasteiger partial charge in [0, 0.05) is 39.7 Å². The SMILES string of the molecule is c1ccc(-c2nc(-c3ccc(-c4ccc(-c5cc6c(-c7ccc8ccccc8c7)nc7ccccc7c6c6ccccc56)cc4)cc3)nc(-c3ccccn3)n2)nc1. The largest absolute Gasteiger partial charge is 0.253 e. The maximum absolute atomic E-state index is 5.33. The molecule has 6 heteroatoms. The predicted molar refractivity (Wildman–Crippen MR) is 236 cm³/mol. The molecular formula is C52H32N6. The summed E-state index contributed by atoms with van der Waals surface area (Å²) < 4.78 is 0. The van der Waals surface area contributed by atoms with Crippen LogP contribution in [0.25, 0.3) is 111 Å². The maximum atomic E-state index is 5.33. The Labute approximate surface area is 334 Å². The van der Waals surface area contributed by atoms with Crippen molar-refractivity contribution in [3.63, 3.8) is 0 Å². The van der Waals surface area contributed by atoms with E-state index in [9.17, 15) is 0 Å². The zero-order valence-electron chi connectivity index (χ0n) is 31.2. The van der Waals surface area contributed by atoms with E-state index in [0.717, 1.165) is 49.8 Å². The Balaban J connectivity index is 0.993. The number of para-hydroxylation sites is 1. The lowest BCUT2D eigenvalue weighted by molar-refractivity contribution is 1.05. The number of rotatable bonds is 6. The Morgan fingerprint density at radius 1 is 0.310 bits per heavy atom. The van der Waals surface area contributed by atoms with E-state index in [1.807, 2.05) is 36.4 Å². The number of benzene rings is 7. The summed E-state index contributed by atoms with van der Waals surface area (Å²) in [4.78, 5) is 28.7. The topological polar surface area (TPSA) is 77.3 Å². The van der Waals surface area contributed by atoms with E-state index in [2.05, 4.69) is 156 Å². The monoisotopic (exact) mass is 740 g/mol. The molecule has 0 aliphatic carbocycles. The van der Waals surface area contributed by atoms with E-state index in [-0.39, 0.29) is 0 Å². The lowest BCUT2D eigenvalue weighted by Crippen LogP contribution is -2.01. The van der Waals surface area contributed by atoms with E-state index in [0.29, 0.717) is 28.9 Å². The molecule has 0 aliphatic heterocycles. The summed E-state index contributed by atoms with van der Waals surface area (Å²) in [6, 6.07) is 63.4. The molecule has 0 aliphatic rings. The van der Waals surface area contributed by atoms with Crippen LogP contribution < -0.4 is 0 Å². The normalized spacial score (nSPS) is 11.4. The first-order valence-corrected chi connectivity index (χ1v) is 19.3.